The van der Waals surface area contributed by atoms with Gasteiger partial charge in [-0.3, -0.25) is 4.79 Å². The van der Waals surface area contributed by atoms with Crippen molar-refractivity contribution in [1.82, 2.24) is 38.9 Å². The largest absolute Gasteiger partial charge is 0.465 e. The number of hydrogen-bond acceptors (Lipinski definition) is 6. The predicted octanol–water partition coefficient (Wildman–Crippen LogP) is 4.31. The van der Waals surface area contributed by atoms with Gasteiger partial charge in [-0.15, -0.1) is 0 Å². The second-order valence-electron chi connectivity index (χ2n) is 11.8. The van der Waals surface area contributed by atoms with E-state index in [-0.39, 0.29) is 25.5 Å². The van der Waals surface area contributed by atoms with Crippen molar-refractivity contribution in [3.8, 4) is 17.3 Å². The molecule has 1 unspecified atom stereocenters. The zero-order valence-corrected chi connectivity index (χ0v) is 24.9. The van der Waals surface area contributed by atoms with Crippen molar-refractivity contribution < 1.29 is 32.6 Å². The van der Waals surface area contributed by atoms with Gasteiger partial charge in [0.15, 0.2) is 11.5 Å². The molecule has 0 bridgehead atoms. The molecule has 240 valence electrons. The molecule has 5 aromatic rings. The molecule has 2 amide bonds. The number of alkyl halides is 2. The van der Waals surface area contributed by atoms with Gasteiger partial charge < -0.3 is 33.8 Å². The van der Waals surface area contributed by atoms with Gasteiger partial charge in [-0.25, -0.2) is 24.1 Å². The van der Waals surface area contributed by atoms with Crippen LogP contribution in [0.15, 0.2) is 42.9 Å². The highest BCUT2D eigenvalue weighted by molar-refractivity contribution is 5.99. The number of fused-ring (bicyclic) bond motifs is 3. The number of carboxylic acid groups (broad SMARTS) is 1. The first-order chi connectivity index (χ1) is 22.2. The molecule has 2 N–H and O–H groups in total. The van der Waals surface area contributed by atoms with E-state index in [1.54, 1.807) is 18.2 Å². The first-order valence-electron chi connectivity index (χ1n) is 15.0. The van der Waals surface area contributed by atoms with Gasteiger partial charge >= 0.3 is 6.09 Å². The van der Waals surface area contributed by atoms with Crippen LogP contribution in [0, 0.1) is 11.9 Å². The van der Waals surface area contributed by atoms with E-state index in [0.29, 0.717) is 58.4 Å². The fourth-order valence-electron chi connectivity index (χ4n) is 6.11. The first-order valence-corrected chi connectivity index (χ1v) is 15.0. The monoisotopic (exact) mass is 636 g/mol. The Bertz CT molecular complexity index is 1970. The Kier molecular flexibility index (Phi) is 7.53. The summed E-state index contributed by atoms with van der Waals surface area (Å²) in [5, 5.41) is 11.9. The smallest absolute Gasteiger partial charge is 0.405 e. The van der Waals surface area contributed by atoms with Gasteiger partial charge in [-0.1, -0.05) is 12.1 Å². The summed E-state index contributed by atoms with van der Waals surface area (Å²) in [6.45, 7) is -0.329. The van der Waals surface area contributed by atoms with E-state index in [2.05, 4.69) is 14.9 Å². The molecule has 0 saturated heterocycles. The third-order valence-corrected chi connectivity index (χ3v) is 8.48. The lowest BCUT2D eigenvalue weighted by Crippen LogP contribution is -2.48. The van der Waals surface area contributed by atoms with E-state index in [9.17, 15) is 18.4 Å². The Morgan fingerprint density at radius 1 is 1.22 bits per heavy atom. The summed E-state index contributed by atoms with van der Waals surface area (Å²) in [6.07, 6.45) is 1.76. The molecule has 0 radical (unpaired) electrons. The van der Waals surface area contributed by atoms with Crippen molar-refractivity contribution in [2.45, 2.75) is 44.8 Å². The molecule has 1 aliphatic heterocycles. The van der Waals surface area contributed by atoms with Crippen LogP contribution in [0.1, 0.15) is 28.9 Å². The molecule has 4 aromatic heterocycles. The van der Waals surface area contributed by atoms with E-state index < -0.39 is 31.1 Å². The molecule has 2 aliphatic rings. The lowest BCUT2D eigenvalue weighted by atomic mass is 10.0. The van der Waals surface area contributed by atoms with Crippen LogP contribution in [-0.4, -0.2) is 82.8 Å². The zero-order valence-electron chi connectivity index (χ0n) is 24.9. The molecule has 0 spiro atoms. The van der Waals surface area contributed by atoms with Gasteiger partial charge in [-0.2, -0.15) is 8.78 Å². The molecule has 7 rings (SSSR count). The Morgan fingerprint density at radius 2 is 2.04 bits per heavy atom. The van der Waals surface area contributed by atoms with Crippen LogP contribution in [0.25, 0.3) is 33.6 Å². The molecule has 15 heteroatoms. The minimum absolute atomic E-state index is 0.1000. The predicted molar refractivity (Wildman–Crippen MR) is 160 cm³/mol. The SMILES string of the molecule is Cn1c(-c2cc3cccc(OC(F)Cn4cnc(F)c4)c3n2CC2CC2)nc2cc3c(nc21)CCN(C[C@@H](CF)NC(=O)O)C3=O. The zero-order chi connectivity index (χ0) is 32.1. The van der Waals surface area contributed by atoms with Crippen molar-refractivity contribution in [3.63, 3.8) is 0 Å². The number of rotatable bonds is 11. The normalized spacial score (nSPS) is 16.2. The molecule has 46 heavy (non-hydrogen) atoms. The number of amides is 2. The second-order valence-corrected chi connectivity index (χ2v) is 11.8. The number of hydrogen-bond donors (Lipinski definition) is 2. The second kappa shape index (κ2) is 11.7. The molecule has 1 saturated carbocycles. The van der Waals surface area contributed by atoms with Gasteiger partial charge in [0.05, 0.1) is 47.6 Å². The van der Waals surface area contributed by atoms with Crippen LogP contribution in [0.2, 0.25) is 0 Å². The number of ether oxygens (including phenoxy) is 1. The summed E-state index contributed by atoms with van der Waals surface area (Å²) in [5.74, 6) is 0.336. The number of benzene rings is 1. The highest BCUT2D eigenvalue weighted by atomic mass is 19.1. The molecule has 1 aliphatic carbocycles. The van der Waals surface area contributed by atoms with Crippen LogP contribution in [0.4, 0.5) is 18.0 Å². The number of imidazole rings is 2. The lowest BCUT2D eigenvalue weighted by Gasteiger charge is -2.30. The number of pyridine rings is 1. The van der Waals surface area contributed by atoms with Crippen LogP contribution in [-0.2, 0) is 26.6 Å². The van der Waals surface area contributed by atoms with Gasteiger partial charge in [0.2, 0.25) is 5.95 Å². The fraction of sp³-hybridized carbons (Fsp3) is 0.387. The molecule has 1 aromatic carbocycles. The summed E-state index contributed by atoms with van der Waals surface area (Å²) in [5.41, 5.74) is 3.51. The van der Waals surface area contributed by atoms with Crippen LogP contribution in [0.5, 0.6) is 5.75 Å². The number of nitrogens with zero attached hydrogens (tertiary/aromatic N) is 7. The molecule has 2 atom stereocenters. The number of para-hydroxylation sites is 1. The van der Waals surface area contributed by atoms with E-state index in [4.69, 9.17) is 19.8 Å². The number of nitrogens with one attached hydrogen (secondary N) is 1. The maximum absolute atomic E-state index is 15.1. The summed E-state index contributed by atoms with van der Waals surface area (Å²) < 4.78 is 52.9. The maximum atomic E-state index is 15.1. The maximum Gasteiger partial charge on any atom is 0.405 e. The van der Waals surface area contributed by atoms with E-state index in [0.717, 1.165) is 30.1 Å². The van der Waals surface area contributed by atoms with Crippen molar-refractivity contribution in [3.05, 3.63) is 60.1 Å². The van der Waals surface area contributed by atoms with Crippen molar-refractivity contribution in [1.29, 1.82) is 0 Å². The standard InChI is InChI=1S/C31H31F3N8O4/c1-39-28-22(10-20-21(37-28)7-8-41(30(20)43)13-19(11-32)36-31(44)45)38-29(39)23-9-18-3-2-4-24(27(18)42(23)12-17-5-6-17)46-26(34)15-40-14-25(33)35-16-40/h2-4,9-10,14,16-17,19,26,36H,5-8,11-13,15H2,1H3,(H,44,45)/t19-,26?/m1/s1. The van der Waals surface area contributed by atoms with Crippen LogP contribution >= 0.6 is 0 Å². The fourth-order valence-corrected chi connectivity index (χ4v) is 6.11. The van der Waals surface area contributed by atoms with Crippen molar-refractivity contribution in [2.24, 2.45) is 13.0 Å². The lowest BCUT2D eigenvalue weighted by molar-refractivity contribution is 0.0522. The average molecular weight is 637 g/mol. The number of halogens is 3. The summed E-state index contributed by atoms with van der Waals surface area (Å²) >= 11 is 0. The molecular formula is C31H31F3N8O4. The molecule has 12 nitrogen and oxygen atoms in total. The van der Waals surface area contributed by atoms with Crippen molar-refractivity contribution in [2.75, 3.05) is 19.8 Å². The van der Waals surface area contributed by atoms with Gasteiger partial charge in [0, 0.05) is 38.5 Å². The number of carbonyl (C=O) groups excluding carboxylic acids is 1. The van der Waals surface area contributed by atoms with Gasteiger partial charge in [0.1, 0.15) is 17.9 Å². The minimum atomic E-state index is -1.75. The van der Waals surface area contributed by atoms with Crippen LogP contribution in [0.3, 0.4) is 0 Å². The average Bonchev–Trinajstić information content (AvgIpc) is 3.51. The van der Waals surface area contributed by atoms with E-state index >= 15 is 4.39 Å². The topological polar surface area (TPSA) is 132 Å². The third-order valence-electron chi connectivity index (χ3n) is 8.48. The summed E-state index contributed by atoms with van der Waals surface area (Å²) in [6, 6.07) is 8.03. The molecule has 1 fully saturated rings. The molecule has 5 heterocycles. The van der Waals surface area contributed by atoms with E-state index in [1.165, 1.54) is 15.8 Å². The first kappa shape index (κ1) is 29.6. The highest BCUT2D eigenvalue weighted by Gasteiger charge is 2.31. The van der Waals surface area contributed by atoms with Crippen LogP contribution < -0.4 is 10.1 Å². The molecular weight excluding hydrogens is 605 g/mol. The van der Waals surface area contributed by atoms with E-state index in [1.807, 2.05) is 23.7 Å². The number of carbonyl (C=O) groups is 2. The highest BCUT2D eigenvalue weighted by Crippen LogP contribution is 2.39. The summed E-state index contributed by atoms with van der Waals surface area (Å²) in [7, 11) is 1.85. The minimum Gasteiger partial charge on any atom is -0.465 e. The van der Waals surface area contributed by atoms with Gasteiger partial charge in [0.25, 0.3) is 12.3 Å². The van der Waals surface area contributed by atoms with Crippen molar-refractivity contribution >= 4 is 34.1 Å². The number of aryl methyl sites for hydroxylation is 1. The third kappa shape index (κ3) is 5.61. The summed E-state index contributed by atoms with van der Waals surface area (Å²) in [4.78, 5) is 39.0. The Morgan fingerprint density at radius 3 is 2.76 bits per heavy atom. The Hall–Kier alpha value is -5.08. The quantitative estimate of drug-likeness (QED) is 0.221. The van der Waals surface area contributed by atoms with Gasteiger partial charge in [-0.05, 0) is 37.0 Å². The Balaban J connectivity index is 1.24. The number of aromatic nitrogens is 6. The Labute approximate surface area is 260 Å².